The Morgan fingerprint density at radius 2 is 2.00 bits per heavy atom. The Kier molecular flexibility index (Phi) is 5.24. The van der Waals surface area contributed by atoms with Gasteiger partial charge in [-0.3, -0.25) is 9.59 Å². The maximum Gasteiger partial charge on any atom is 0.315 e. The molecule has 104 valence electrons. The summed E-state index contributed by atoms with van der Waals surface area (Å²) in [5.74, 6) is -0.371. The first-order valence-electron chi connectivity index (χ1n) is 6.26. The van der Waals surface area contributed by atoms with E-state index in [1.807, 2.05) is 0 Å². The molecule has 0 amide bonds. The molecule has 0 aliphatic carbocycles. The number of hydrogen-bond acceptors (Lipinski definition) is 4. The van der Waals surface area contributed by atoms with Crippen molar-refractivity contribution in [3.05, 3.63) is 35.4 Å². The molecule has 0 atom stereocenters. The molecule has 0 unspecified atom stereocenters. The van der Waals surface area contributed by atoms with E-state index in [0.29, 0.717) is 18.4 Å². The Labute approximate surface area is 113 Å². The van der Waals surface area contributed by atoms with Crippen LogP contribution in [0.2, 0.25) is 0 Å². The van der Waals surface area contributed by atoms with Gasteiger partial charge < -0.3 is 9.84 Å². The number of ketones is 1. The molecule has 4 nitrogen and oxygen atoms in total. The van der Waals surface area contributed by atoms with E-state index in [2.05, 4.69) is 0 Å². The van der Waals surface area contributed by atoms with Gasteiger partial charge in [0.2, 0.25) is 0 Å². The van der Waals surface area contributed by atoms with E-state index in [-0.39, 0.29) is 18.4 Å². The quantitative estimate of drug-likeness (QED) is 0.631. The number of benzene rings is 1. The van der Waals surface area contributed by atoms with E-state index in [0.717, 1.165) is 5.56 Å². The van der Waals surface area contributed by atoms with Crippen LogP contribution in [0.5, 0.6) is 0 Å². The van der Waals surface area contributed by atoms with Crippen molar-refractivity contribution in [2.45, 2.75) is 32.1 Å². The van der Waals surface area contributed by atoms with E-state index < -0.39 is 5.41 Å². The SMILES string of the molecule is COC(=O)C(C)(C)c1cccc(C(=O)CCCO)c1. The van der Waals surface area contributed by atoms with Crippen LogP contribution in [0.1, 0.15) is 42.6 Å². The Morgan fingerprint density at radius 1 is 1.32 bits per heavy atom. The fraction of sp³-hybridized carbons (Fsp3) is 0.467. The maximum atomic E-state index is 11.9. The highest BCUT2D eigenvalue weighted by molar-refractivity contribution is 5.96. The van der Waals surface area contributed by atoms with Gasteiger partial charge in [0.25, 0.3) is 0 Å². The van der Waals surface area contributed by atoms with Crippen LogP contribution in [0.3, 0.4) is 0 Å². The third kappa shape index (κ3) is 3.64. The van der Waals surface area contributed by atoms with Crippen LogP contribution < -0.4 is 0 Å². The number of carbonyl (C=O) groups is 2. The van der Waals surface area contributed by atoms with Crippen molar-refractivity contribution in [1.82, 2.24) is 0 Å². The molecule has 0 saturated heterocycles. The predicted molar refractivity (Wildman–Crippen MR) is 72.1 cm³/mol. The lowest BCUT2D eigenvalue weighted by molar-refractivity contribution is -0.146. The van der Waals surface area contributed by atoms with E-state index in [1.54, 1.807) is 38.1 Å². The molecule has 0 radical (unpaired) electrons. The second kappa shape index (κ2) is 6.48. The van der Waals surface area contributed by atoms with Gasteiger partial charge in [0.15, 0.2) is 5.78 Å². The second-order valence-corrected chi connectivity index (χ2v) is 4.95. The summed E-state index contributed by atoms with van der Waals surface area (Å²) in [6, 6.07) is 7.00. The van der Waals surface area contributed by atoms with Gasteiger partial charge in [-0.25, -0.2) is 0 Å². The number of hydrogen-bond donors (Lipinski definition) is 1. The molecule has 4 heteroatoms. The highest BCUT2D eigenvalue weighted by Gasteiger charge is 2.31. The summed E-state index contributed by atoms with van der Waals surface area (Å²) < 4.78 is 4.78. The lowest BCUT2D eigenvalue weighted by atomic mass is 9.83. The number of aliphatic hydroxyl groups excluding tert-OH is 1. The molecule has 1 N–H and O–H groups in total. The highest BCUT2D eigenvalue weighted by Crippen LogP contribution is 2.25. The zero-order valence-corrected chi connectivity index (χ0v) is 11.6. The van der Waals surface area contributed by atoms with Crippen LogP contribution >= 0.6 is 0 Å². The number of esters is 1. The first kappa shape index (κ1) is 15.4. The van der Waals surface area contributed by atoms with Crippen molar-refractivity contribution in [2.24, 2.45) is 0 Å². The fourth-order valence-corrected chi connectivity index (χ4v) is 1.84. The van der Waals surface area contributed by atoms with E-state index in [4.69, 9.17) is 9.84 Å². The molecule has 1 aromatic carbocycles. The summed E-state index contributed by atoms with van der Waals surface area (Å²) in [5.41, 5.74) is 0.513. The van der Waals surface area contributed by atoms with E-state index in [9.17, 15) is 9.59 Å². The zero-order valence-electron chi connectivity index (χ0n) is 11.6. The largest absolute Gasteiger partial charge is 0.468 e. The van der Waals surface area contributed by atoms with Crippen molar-refractivity contribution < 1.29 is 19.4 Å². The summed E-state index contributed by atoms with van der Waals surface area (Å²) in [4.78, 5) is 23.6. The predicted octanol–water partition coefficient (Wildman–Crippen LogP) is 2.09. The average Bonchev–Trinajstić information content (AvgIpc) is 2.43. The lowest BCUT2D eigenvalue weighted by Crippen LogP contribution is -2.30. The monoisotopic (exact) mass is 264 g/mol. The minimum absolute atomic E-state index is 0.000908. The van der Waals surface area contributed by atoms with E-state index >= 15 is 0 Å². The van der Waals surface area contributed by atoms with Crippen LogP contribution in [-0.4, -0.2) is 30.6 Å². The normalized spacial score (nSPS) is 11.2. The Balaban J connectivity index is 3.00. The minimum Gasteiger partial charge on any atom is -0.468 e. The molecule has 1 rings (SSSR count). The molecule has 0 saturated carbocycles. The Hall–Kier alpha value is -1.68. The van der Waals surface area contributed by atoms with Gasteiger partial charge >= 0.3 is 5.97 Å². The standard InChI is InChI=1S/C15H20O4/c1-15(2,14(18)19-3)12-7-4-6-11(10-12)13(17)8-5-9-16/h4,6-7,10,16H,5,8-9H2,1-3H3. The molecule has 0 aliphatic rings. The van der Waals surface area contributed by atoms with Gasteiger partial charge in [-0.1, -0.05) is 18.2 Å². The molecule has 0 spiro atoms. The van der Waals surface area contributed by atoms with Crippen molar-refractivity contribution in [3.63, 3.8) is 0 Å². The smallest absolute Gasteiger partial charge is 0.315 e. The zero-order chi connectivity index (χ0) is 14.5. The molecule has 0 aliphatic heterocycles. The third-order valence-corrected chi connectivity index (χ3v) is 3.16. The van der Waals surface area contributed by atoms with E-state index in [1.165, 1.54) is 7.11 Å². The topological polar surface area (TPSA) is 63.6 Å². The number of Topliss-reactive ketones (excluding diaryl/α,β-unsaturated/α-hetero) is 1. The first-order chi connectivity index (χ1) is 8.93. The molecule has 1 aromatic rings. The molecule has 19 heavy (non-hydrogen) atoms. The van der Waals surface area contributed by atoms with Gasteiger partial charge in [-0.05, 0) is 31.9 Å². The number of carbonyl (C=O) groups excluding carboxylic acids is 2. The van der Waals surface area contributed by atoms with Crippen molar-refractivity contribution in [2.75, 3.05) is 13.7 Å². The van der Waals surface area contributed by atoms with Crippen LogP contribution in [0.4, 0.5) is 0 Å². The summed E-state index contributed by atoms with van der Waals surface area (Å²) in [7, 11) is 1.35. The summed E-state index contributed by atoms with van der Waals surface area (Å²) in [6.07, 6.45) is 0.752. The minimum atomic E-state index is -0.790. The van der Waals surface area contributed by atoms with Crippen LogP contribution in [0, 0.1) is 0 Å². The van der Waals surface area contributed by atoms with Crippen LogP contribution in [0.15, 0.2) is 24.3 Å². The molecule has 0 heterocycles. The molecule has 0 fully saturated rings. The number of ether oxygens (including phenoxy) is 1. The van der Waals surface area contributed by atoms with Crippen molar-refractivity contribution in [3.8, 4) is 0 Å². The maximum absolute atomic E-state index is 11.9. The summed E-state index contributed by atoms with van der Waals surface area (Å²) in [6.45, 7) is 3.52. The van der Waals surface area contributed by atoms with Crippen LogP contribution in [0.25, 0.3) is 0 Å². The lowest BCUT2D eigenvalue weighted by Gasteiger charge is -2.22. The van der Waals surface area contributed by atoms with Crippen molar-refractivity contribution in [1.29, 1.82) is 0 Å². The van der Waals surface area contributed by atoms with Gasteiger partial charge in [0.1, 0.15) is 0 Å². The Morgan fingerprint density at radius 3 is 2.58 bits per heavy atom. The van der Waals surface area contributed by atoms with Gasteiger partial charge in [-0.15, -0.1) is 0 Å². The highest BCUT2D eigenvalue weighted by atomic mass is 16.5. The van der Waals surface area contributed by atoms with Gasteiger partial charge in [-0.2, -0.15) is 0 Å². The second-order valence-electron chi connectivity index (χ2n) is 4.95. The van der Waals surface area contributed by atoms with Crippen LogP contribution in [-0.2, 0) is 14.9 Å². The molecule has 0 bridgehead atoms. The molecule has 0 aromatic heterocycles. The summed E-state index contributed by atoms with van der Waals surface area (Å²) in [5, 5.41) is 8.74. The summed E-state index contributed by atoms with van der Waals surface area (Å²) >= 11 is 0. The molecular weight excluding hydrogens is 244 g/mol. The third-order valence-electron chi connectivity index (χ3n) is 3.16. The van der Waals surface area contributed by atoms with Gasteiger partial charge in [0.05, 0.1) is 12.5 Å². The Bertz CT molecular complexity index is 463. The first-order valence-corrected chi connectivity index (χ1v) is 6.26. The molecular formula is C15H20O4. The number of methoxy groups -OCH3 is 1. The number of aliphatic hydroxyl groups is 1. The van der Waals surface area contributed by atoms with Gasteiger partial charge in [0, 0.05) is 18.6 Å². The van der Waals surface area contributed by atoms with Crippen molar-refractivity contribution >= 4 is 11.8 Å². The average molecular weight is 264 g/mol. The number of rotatable bonds is 6. The fourth-order valence-electron chi connectivity index (χ4n) is 1.84.